The molecule has 0 saturated carbocycles. The van der Waals surface area contributed by atoms with E-state index in [0.29, 0.717) is 41.6 Å². The fraction of sp³-hybridized carbons (Fsp3) is 0.261. The lowest BCUT2D eigenvalue weighted by Gasteiger charge is -2.26. The second-order valence-corrected chi connectivity index (χ2v) is 7.10. The molecule has 8 heteroatoms. The number of amides is 1. The van der Waals surface area contributed by atoms with Crippen LogP contribution in [-0.4, -0.2) is 36.8 Å². The minimum atomic E-state index is -0.410. The molecule has 4 rings (SSSR count). The van der Waals surface area contributed by atoms with E-state index in [2.05, 4.69) is 4.98 Å². The van der Waals surface area contributed by atoms with Crippen molar-refractivity contribution in [3.8, 4) is 28.5 Å². The molecule has 0 N–H and O–H groups in total. The van der Waals surface area contributed by atoms with E-state index in [0.717, 1.165) is 11.1 Å². The van der Waals surface area contributed by atoms with Crippen molar-refractivity contribution >= 4 is 17.4 Å². The smallest absolute Gasteiger partial charge is 0.350 e. The van der Waals surface area contributed by atoms with Crippen molar-refractivity contribution in [3.05, 3.63) is 58.5 Å². The van der Waals surface area contributed by atoms with E-state index in [1.165, 1.54) is 11.8 Å². The first-order valence-electron chi connectivity index (χ1n) is 9.78. The van der Waals surface area contributed by atoms with Crippen LogP contribution in [0.5, 0.6) is 17.2 Å². The Kier molecular flexibility index (Phi) is 5.37. The molecule has 31 heavy (non-hydrogen) atoms. The fourth-order valence-electron chi connectivity index (χ4n) is 3.85. The van der Waals surface area contributed by atoms with Crippen LogP contribution in [-0.2, 0) is 17.8 Å². The molecule has 0 fully saturated rings. The lowest BCUT2D eigenvalue weighted by atomic mass is 9.96. The van der Waals surface area contributed by atoms with Gasteiger partial charge in [-0.05, 0) is 48.4 Å². The van der Waals surface area contributed by atoms with E-state index in [4.69, 9.17) is 14.2 Å². The van der Waals surface area contributed by atoms with Crippen LogP contribution in [0.4, 0.5) is 11.5 Å². The molecule has 1 aliphatic rings. The second kappa shape index (κ2) is 8.14. The largest absolute Gasteiger partial charge is 0.497 e. The summed E-state index contributed by atoms with van der Waals surface area (Å²) in [6.45, 7) is 1.93. The van der Waals surface area contributed by atoms with Crippen LogP contribution in [0.1, 0.15) is 12.5 Å². The number of benzene rings is 2. The number of nitrogens with zero attached hydrogens (tertiary/aromatic N) is 3. The Labute approximate surface area is 179 Å². The van der Waals surface area contributed by atoms with Gasteiger partial charge in [-0.3, -0.25) is 14.3 Å². The van der Waals surface area contributed by atoms with Crippen LogP contribution in [0.25, 0.3) is 11.3 Å². The molecule has 0 spiro atoms. The third-order valence-electron chi connectivity index (χ3n) is 5.36. The van der Waals surface area contributed by atoms with E-state index < -0.39 is 5.69 Å². The van der Waals surface area contributed by atoms with Crippen molar-refractivity contribution in [2.45, 2.75) is 19.9 Å². The summed E-state index contributed by atoms with van der Waals surface area (Å²) in [7, 11) is 4.73. The molecule has 1 amide bonds. The minimum absolute atomic E-state index is 0.259. The number of methoxy groups -OCH3 is 3. The number of hydrogen-bond acceptors (Lipinski definition) is 6. The van der Waals surface area contributed by atoms with Gasteiger partial charge in [-0.25, -0.2) is 4.79 Å². The molecule has 160 valence electrons. The highest BCUT2D eigenvalue weighted by molar-refractivity contribution is 5.98. The standard InChI is InChI=1S/C23H23N3O5/c1-14(27)26(16-5-7-17(29-2)8-6-16)22-13-19-18-12-21(31-4)20(30-3)11-15(18)9-10-25(19)23(28)24-22/h5-8,11-13H,9-10H2,1-4H3. The zero-order chi connectivity index (χ0) is 22.1. The minimum Gasteiger partial charge on any atom is -0.497 e. The number of rotatable bonds is 5. The van der Waals surface area contributed by atoms with E-state index >= 15 is 0 Å². The van der Waals surface area contributed by atoms with Gasteiger partial charge >= 0.3 is 5.69 Å². The summed E-state index contributed by atoms with van der Waals surface area (Å²) in [6.07, 6.45) is 0.665. The van der Waals surface area contributed by atoms with Crippen LogP contribution < -0.4 is 24.8 Å². The van der Waals surface area contributed by atoms with Gasteiger partial charge in [-0.15, -0.1) is 0 Å². The number of carbonyl (C=O) groups is 1. The number of ether oxygens (including phenoxy) is 3. The molecule has 1 aromatic heterocycles. The molecule has 8 nitrogen and oxygen atoms in total. The first-order valence-corrected chi connectivity index (χ1v) is 9.78. The normalized spacial score (nSPS) is 11.9. The predicted molar refractivity (Wildman–Crippen MR) is 117 cm³/mol. The van der Waals surface area contributed by atoms with Gasteiger partial charge in [-0.1, -0.05) is 0 Å². The average Bonchev–Trinajstić information content (AvgIpc) is 2.78. The Morgan fingerprint density at radius 3 is 2.29 bits per heavy atom. The molecule has 0 aliphatic carbocycles. The van der Waals surface area contributed by atoms with Crippen molar-refractivity contribution in [2.75, 3.05) is 26.2 Å². The van der Waals surface area contributed by atoms with Crippen LogP contribution in [0.3, 0.4) is 0 Å². The molecule has 0 radical (unpaired) electrons. The summed E-state index contributed by atoms with van der Waals surface area (Å²) in [5, 5.41) is 0. The predicted octanol–water partition coefficient (Wildman–Crippen LogP) is 3.18. The Bertz CT molecular complexity index is 1200. The van der Waals surface area contributed by atoms with E-state index in [-0.39, 0.29) is 11.7 Å². The summed E-state index contributed by atoms with van der Waals surface area (Å²) < 4.78 is 17.7. The Morgan fingerprint density at radius 1 is 1.00 bits per heavy atom. The highest BCUT2D eigenvalue weighted by Crippen LogP contribution is 2.39. The summed E-state index contributed by atoms with van der Waals surface area (Å²) >= 11 is 0. The van der Waals surface area contributed by atoms with Gasteiger partial charge in [0, 0.05) is 25.1 Å². The molecule has 0 unspecified atom stereocenters. The van der Waals surface area contributed by atoms with Crippen molar-refractivity contribution in [2.24, 2.45) is 0 Å². The Hall–Kier alpha value is -3.81. The maximum atomic E-state index is 12.9. The Morgan fingerprint density at radius 2 is 1.68 bits per heavy atom. The number of aryl methyl sites for hydroxylation is 1. The summed E-state index contributed by atoms with van der Waals surface area (Å²) in [4.78, 5) is 31.0. The zero-order valence-electron chi connectivity index (χ0n) is 17.8. The van der Waals surface area contributed by atoms with E-state index in [1.807, 2.05) is 12.1 Å². The maximum Gasteiger partial charge on any atom is 0.350 e. The van der Waals surface area contributed by atoms with Gasteiger partial charge in [0.2, 0.25) is 5.91 Å². The lowest BCUT2D eigenvalue weighted by molar-refractivity contribution is -0.115. The molecule has 0 saturated heterocycles. The molecular formula is C23H23N3O5. The van der Waals surface area contributed by atoms with Gasteiger partial charge in [0.25, 0.3) is 0 Å². The van der Waals surface area contributed by atoms with Gasteiger partial charge in [0.1, 0.15) is 11.6 Å². The van der Waals surface area contributed by atoms with Gasteiger partial charge in [0.05, 0.1) is 32.7 Å². The molecule has 1 aliphatic heterocycles. The van der Waals surface area contributed by atoms with E-state index in [1.54, 1.807) is 56.2 Å². The highest BCUT2D eigenvalue weighted by atomic mass is 16.5. The first kappa shape index (κ1) is 20.5. The topological polar surface area (TPSA) is 82.9 Å². The molecule has 0 bridgehead atoms. The molecule has 2 aromatic carbocycles. The zero-order valence-corrected chi connectivity index (χ0v) is 17.8. The van der Waals surface area contributed by atoms with Gasteiger partial charge < -0.3 is 14.2 Å². The monoisotopic (exact) mass is 421 g/mol. The molecule has 2 heterocycles. The van der Waals surface area contributed by atoms with Crippen LogP contribution in [0, 0.1) is 0 Å². The summed E-state index contributed by atoms with van der Waals surface area (Å²) in [6, 6.07) is 12.5. The van der Waals surface area contributed by atoms with Crippen molar-refractivity contribution < 1.29 is 19.0 Å². The third kappa shape index (κ3) is 3.61. The summed E-state index contributed by atoms with van der Waals surface area (Å²) in [5.74, 6) is 1.87. The van der Waals surface area contributed by atoms with Crippen molar-refractivity contribution in [1.29, 1.82) is 0 Å². The van der Waals surface area contributed by atoms with Crippen molar-refractivity contribution in [1.82, 2.24) is 9.55 Å². The number of hydrogen-bond donors (Lipinski definition) is 0. The van der Waals surface area contributed by atoms with Gasteiger partial charge in [0.15, 0.2) is 11.5 Å². The number of fused-ring (bicyclic) bond motifs is 3. The molecule has 0 atom stereocenters. The molecule has 3 aromatic rings. The van der Waals surface area contributed by atoms with E-state index in [9.17, 15) is 9.59 Å². The Balaban J connectivity index is 1.88. The number of carbonyl (C=O) groups excluding carboxylic acids is 1. The fourth-order valence-corrected chi connectivity index (χ4v) is 3.85. The summed E-state index contributed by atoms with van der Waals surface area (Å²) in [5.41, 5.74) is 2.74. The average molecular weight is 421 g/mol. The first-order chi connectivity index (χ1) is 15.0. The lowest BCUT2D eigenvalue weighted by Crippen LogP contribution is -2.32. The van der Waals surface area contributed by atoms with Crippen LogP contribution in [0.2, 0.25) is 0 Å². The van der Waals surface area contributed by atoms with Crippen molar-refractivity contribution in [3.63, 3.8) is 0 Å². The number of anilines is 2. The van der Waals surface area contributed by atoms with Crippen LogP contribution >= 0.6 is 0 Å². The number of aromatic nitrogens is 2. The second-order valence-electron chi connectivity index (χ2n) is 7.10. The maximum absolute atomic E-state index is 12.9. The molecular weight excluding hydrogens is 398 g/mol. The third-order valence-corrected chi connectivity index (χ3v) is 5.36. The SMILES string of the molecule is COc1ccc(N(C(C)=O)c2cc3n(c(=O)n2)CCc2cc(OC)c(OC)cc2-3)cc1. The van der Waals surface area contributed by atoms with Crippen LogP contribution in [0.15, 0.2) is 47.3 Å². The quantitative estimate of drug-likeness (QED) is 0.629. The highest BCUT2D eigenvalue weighted by Gasteiger charge is 2.24. The van der Waals surface area contributed by atoms with Gasteiger partial charge in [-0.2, -0.15) is 4.98 Å².